The van der Waals surface area contributed by atoms with Crippen LogP contribution in [-0.2, 0) is 11.2 Å². The lowest BCUT2D eigenvalue weighted by atomic mass is 10.1. The van der Waals surface area contributed by atoms with Crippen LogP contribution >= 0.6 is 11.6 Å². The topological polar surface area (TPSA) is 41.1 Å². The first-order chi connectivity index (χ1) is 8.72. The highest BCUT2D eigenvalue weighted by molar-refractivity contribution is 6.30. The van der Waals surface area contributed by atoms with Crippen molar-refractivity contribution < 1.29 is 4.79 Å². The number of hydrogen-bond donors (Lipinski definition) is 2. The molecule has 2 N–H and O–H groups in total. The molecule has 0 unspecified atom stereocenters. The molecule has 1 rings (SSSR count). The van der Waals surface area contributed by atoms with Crippen LogP contribution in [0.2, 0.25) is 5.02 Å². The summed E-state index contributed by atoms with van der Waals surface area (Å²) in [4.78, 5) is 11.3. The maximum absolute atomic E-state index is 11.3. The van der Waals surface area contributed by atoms with E-state index in [1.54, 1.807) is 0 Å². The summed E-state index contributed by atoms with van der Waals surface area (Å²) in [7, 11) is 0. The van der Waals surface area contributed by atoms with Gasteiger partial charge in [0.2, 0.25) is 5.91 Å². The molecule has 0 bridgehead atoms. The Bertz CT molecular complexity index is 369. The first-order valence-electron chi connectivity index (χ1n) is 6.44. The van der Waals surface area contributed by atoms with Gasteiger partial charge in [-0.3, -0.25) is 4.79 Å². The van der Waals surface area contributed by atoms with Crippen molar-refractivity contribution in [3.63, 3.8) is 0 Å². The zero-order valence-electron chi connectivity index (χ0n) is 10.8. The Morgan fingerprint density at radius 3 is 2.83 bits per heavy atom. The van der Waals surface area contributed by atoms with E-state index >= 15 is 0 Å². The van der Waals surface area contributed by atoms with Crippen molar-refractivity contribution >= 4 is 17.5 Å². The van der Waals surface area contributed by atoms with Gasteiger partial charge in [-0.25, -0.2) is 0 Å². The summed E-state index contributed by atoms with van der Waals surface area (Å²) < 4.78 is 0. The molecule has 0 saturated heterocycles. The molecule has 4 heteroatoms. The molecule has 0 fully saturated rings. The fourth-order valence-electron chi connectivity index (χ4n) is 1.60. The van der Waals surface area contributed by atoms with E-state index in [4.69, 9.17) is 11.6 Å². The number of nitrogens with one attached hydrogen (secondary N) is 2. The van der Waals surface area contributed by atoms with Crippen LogP contribution in [-0.4, -0.2) is 25.5 Å². The van der Waals surface area contributed by atoms with Crippen LogP contribution in [0, 0.1) is 0 Å². The molecule has 100 valence electrons. The number of halogens is 1. The van der Waals surface area contributed by atoms with Gasteiger partial charge in [-0.1, -0.05) is 30.7 Å². The molecular weight excluding hydrogens is 248 g/mol. The zero-order valence-corrected chi connectivity index (χ0v) is 11.6. The summed E-state index contributed by atoms with van der Waals surface area (Å²) in [5.41, 5.74) is 1.21. The van der Waals surface area contributed by atoms with Gasteiger partial charge in [0, 0.05) is 24.5 Å². The van der Waals surface area contributed by atoms with E-state index in [-0.39, 0.29) is 5.91 Å². The lowest BCUT2D eigenvalue weighted by Gasteiger charge is -2.06. The van der Waals surface area contributed by atoms with Crippen molar-refractivity contribution in [2.24, 2.45) is 0 Å². The minimum Gasteiger partial charge on any atom is -0.356 e. The van der Waals surface area contributed by atoms with Gasteiger partial charge in [0.15, 0.2) is 0 Å². The minimum atomic E-state index is 0.118. The normalized spacial score (nSPS) is 10.3. The lowest BCUT2D eigenvalue weighted by molar-refractivity contribution is -0.120. The zero-order chi connectivity index (χ0) is 13.2. The third kappa shape index (κ3) is 6.62. The van der Waals surface area contributed by atoms with E-state index in [0.29, 0.717) is 6.42 Å². The Morgan fingerprint density at radius 1 is 1.28 bits per heavy atom. The van der Waals surface area contributed by atoms with Crippen LogP contribution in [0.25, 0.3) is 0 Å². The molecule has 1 aromatic rings. The number of carbonyl (C=O) groups is 1. The quantitative estimate of drug-likeness (QED) is 0.711. The van der Waals surface area contributed by atoms with Gasteiger partial charge in [0.05, 0.1) is 0 Å². The summed E-state index contributed by atoms with van der Waals surface area (Å²) in [5.74, 6) is 0.118. The highest BCUT2D eigenvalue weighted by Gasteiger charge is 1.99. The van der Waals surface area contributed by atoms with Gasteiger partial charge in [0.1, 0.15) is 0 Å². The number of rotatable bonds is 8. The van der Waals surface area contributed by atoms with Crippen LogP contribution in [0.4, 0.5) is 0 Å². The van der Waals surface area contributed by atoms with Gasteiger partial charge in [-0.15, -0.1) is 0 Å². The third-order valence-corrected chi connectivity index (χ3v) is 2.82. The van der Waals surface area contributed by atoms with E-state index in [0.717, 1.165) is 37.5 Å². The Kier molecular flexibility index (Phi) is 7.46. The van der Waals surface area contributed by atoms with Crippen molar-refractivity contribution in [2.45, 2.75) is 26.2 Å². The third-order valence-electron chi connectivity index (χ3n) is 2.58. The Morgan fingerprint density at radius 2 is 2.11 bits per heavy atom. The highest BCUT2D eigenvalue weighted by atomic mass is 35.5. The predicted octanol–water partition coefficient (Wildman–Crippen LogP) is 2.39. The summed E-state index contributed by atoms with van der Waals surface area (Å²) in [6.45, 7) is 4.39. The smallest absolute Gasteiger partial charge is 0.221 e. The maximum atomic E-state index is 11.3. The molecule has 0 saturated carbocycles. The molecule has 0 aliphatic rings. The number of benzene rings is 1. The monoisotopic (exact) mass is 268 g/mol. The largest absolute Gasteiger partial charge is 0.356 e. The lowest BCUT2D eigenvalue weighted by Crippen LogP contribution is -2.28. The SMILES string of the molecule is CCCNC(=O)CCNCCc1cccc(Cl)c1. The molecule has 0 aromatic heterocycles. The fraction of sp³-hybridized carbons (Fsp3) is 0.500. The molecule has 0 aliphatic carbocycles. The first kappa shape index (κ1) is 15.0. The van der Waals surface area contributed by atoms with Gasteiger partial charge >= 0.3 is 0 Å². The second kappa shape index (κ2) is 8.95. The van der Waals surface area contributed by atoms with Crippen LogP contribution in [0.5, 0.6) is 0 Å². The van der Waals surface area contributed by atoms with Gasteiger partial charge in [-0.05, 0) is 37.1 Å². The Hall–Kier alpha value is -1.06. The average Bonchev–Trinajstić information content (AvgIpc) is 2.36. The average molecular weight is 269 g/mol. The Labute approximate surface area is 114 Å². The standard InChI is InChI=1S/C14H21ClN2O/c1-2-8-17-14(18)7-10-16-9-6-12-4-3-5-13(15)11-12/h3-5,11,16H,2,6-10H2,1H3,(H,17,18). The number of amides is 1. The Balaban J connectivity index is 2.07. The molecule has 1 amide bonds. The minimum absolute atomic E-state index is 0.118. The van der Waals surface area contributed by atoms with Crippen molar-refractivity contribution in [1.82, 2.24) is 10.6 Å². The molecule has 0 spiro atoms. The van der Waals surface area contributed by atoms with Gasteiger partial charge in [0.25, 0.3) is 0 Å². The van der Waals surface area contributed by atoms with Crippen LogP contribution < -0.4 is 10.6 Å². The van der Waals surface area contributed by atoms with Crippen LogP contribution in [0.3, 0.4) is 0 Å². The molecule has 0 radical (unpaired) electrons. The predicted molar refractivity (Wildman–Crippen MR) is 75.9 cm³/mol. The van der Waals surface area contributed by atoms with Crippen molar-refractivity contribution in [3.8, 4) is 0 Å². The highest BCUT2D eigenvalue weighted by Crippen LogP contribution is 2.10. The molecule has 0 atom stereocenters. The van der Waals surface area contributed by atoms with E-state index in [9.17, 15) is 4.79 Å². The fourth-order valence-corrected chi connectivity index (χ4v) is 1.82. The first-order valence-corrected chi connectivity index (χ1v) is 6.82. The molecule has 0 aliphatic heterocycles. The summed E-state index contributed by atoms with van der Waals surface area (Å²) in [6.07, 6.45) is 2.45. The van der Waals surface area contributed by atoms with E-state index in [2.05, 4.69) is 16.7 Å². The molecule has 18 heavy (non-hydrogen) atoms. The van der Waals surface area contributed by atoms with Gasteiger partial charge in [-0.2, -0.15) is 0 Å². The second-order valence-electron chi connectivity index (χ2n) is 4.23. The summed E-state index contributed by atoms with van der Waals surface area (Å²) >= 11 is 5.90. The molecule has 3 nitrogen and oxygen atoms in total. The number of hydrogen-bond acceptors (Lipinski definition) is 2. The van der Waals surface area contributed by atoms with E-state index < -0.39 is 0 Å². The van der Waals surface area contributed by atoms with E-state index in [1.807, 2.05) is 25.1 Å². The maximum Gasteiger partial charge on any atom is 0.221 e. The summed E-state index contributed by atoms with van der Waals surface area (Å²) in [6, 6.07) is 7.85. The van der Waals surface area contributed by atoms with Crippen LogP contribution in [0.1, 0.15) is 25.3 Å². The summed E-state index contributed by atoms with van der Waals surface area (Å²) in [5, 5.41) is 6.88. The van der Waals surface area contributed by atoms with Gasteiger partial charge < -0.3 is 10.6 Å². The molecular formula is C14H21ClN2O. The van der Waals surface area contributed by atoms with Crippen molar-refractivity contribution in [2.75, 3.05) is 19.6 Å². The molecule has 0 heterocycles. The van der Waals surface area contributed by atoms with Crippen molar-refractivity contribution in [1.29, 1.82) is 0 Å². The second-order valence-corrected chi connectivity index (χ2v) is 4.67. The van der Waals surface area contributed by atoms with Crippen LogP contribution in [0.15, 0.2) is 24.3 Å². The van der Waals surface area contributed by atoms with E-state index in [1.165, 1.54) is 5.56 Å². The molecule has 1 aromatic carbocycles. The van der Waals surface area contributed by atoms with Crippen molar-refractivity contribution in [3.05, 3.63) is 34.9 Å². The number of carbonyl (C=O) groups excluding carboxylic acids is 1.